The molecule has 0 atom stereocenters. The van der Waals surface area contributed by atoms with Crippen LogP contribution in [-0.2, 0) is 19.6 Å². The van der Waals surface area contributed by atoms with Crippen molar-refractivity contribution in [1.82, 2.24) is 4.72 Å². The Labute approximate surface area is 170 Å². The highest BCUT2D eigenvalue weighted by atomic mass is 32.2. The minimum atomic E-state index is -3.73. The molecule has 0 saturated heterocycles. The van der Waals surface area contributed by atoms with E-state index in [1.54, 1.807) is 38.3 Å². The highest BCUT2D eigenvalue weighted by Crippen LogP contribution is 2.15. The summed E-state index contributed by atoms with van der Waals surface area (Å²) < 4.78 is 36.9. The van der Waals surface area contributed by atoms with Crippen molar-refractivity contribution in [2.45, 2.75) is 24.7 Å². The molecule has 0 aliphatic heterocycles. The zero-order chi connectivity index (χ0) is 21.3. The van der Waals surface area contributed by atoms with Crippen LogP contribution in [0.4, 0.5) is 5.69 Å². The zero-order valence-corrected chi connectivity index (χ0v) is 17.1. The SMILES string of the molecule is CCOC(=O)c1ccc(S(=O)(=O)NCCCC(=O)Nc2ccc(OC)cc2)cc1. The van der Waals surface area contributed by atoms with Crippen molar-refractivity contribution in [1.29, 1.82) is 0 Å². The summed E-state index contributed by atoms with van der Waals surface area (Å²) in [5.41, 5.74) is 0.916. The van der Waals surface area contributed by atoms with Crippen molar-refractivity contribution in [3.8, 4) is 5.75 Å². The Hall–Kier alpha value is -2.91. The first kappa shape index (κ1) is 22.4. The van der Waals surface area contributed by atoms with Gasteiger partial charge in [0, 0.05) is 18.7 Å². The minimum absolute atomic E-state index is 0.0354. The Bertz CT molecular complexity index is 924. The second-order valence-corrected chi connectivity index (χ2v) is 7.79. The summed E-state index contributed by atoms with van der Waals surface area (Å²) in [6.45, 7) is 2.04. The number of carbonyl (C=O) groups excluding carboxylic acids is 2. The molecule has 0 fully saturated rings. The van der Waals surface area contributed by atoms with Gasteiger partial charge in [0.25, 0.3) is 0 Å². The number of benzene rings is 2. The first-order chi connectivity index (χ1) is 13.9. The number of nitrogens with one attached hydrogen (secondary N) is 2. The summed E-state index contributed by atoms with van der Waals surface area (Å²) >= 11 is 0. The molecule has 2 aromatic rings. The number of methoxy groups -OCH3 is 1. The lowest BCUT2D eigenvalue weighted by Gasteiger charge is -2.08. The summed E-state index contributed by atoms with van der Waals surface area (Å²) in [4.78, 5) is 23.6. The van der Waals surface area contributed by atoms with Crippen LogP contribution in [0.5, 0.6) is 5.75 Å². The average Bonchev–Trinajstić information content (AvgIpc) is 2.72. The molecule has 0 bridgehead atoms. The number of anilines is 1. The van der Waals surface area contributed by atoms with Gasteiger partial charge < -0.3 is 14.8 Å². The minimum Gasteiger partial charge on any atom is -0.497 e. The van der Waals surface area contributed by atoms with Crippen molar-refractivity contribution in [2.24, 2.45) is 0 Å². The summed E-state index contributed by atoms with van der Waals surface area (Å²) in [6, 6.07) is 12.4. The molecule has 9 heteroatoms. The number of carbonyl (C=O) groups is 2. The quantitative estimate of drug-likeness (QED) is 0.451. The maximum atomic E-state index is 12.3. The van der Waals surface area contributed by atoms with E-state index in [2.05, 4.69) is 10.0 Å². The molecule has 0 aliphatic rings. The van der Waals surface area contributed by atoms with Crippen LogP contribution in [0.25, 0.3) is 0 Å². The Kier molecular flexibility index (Phi) is 8.17. The number of esters is 1. The molecule has 0 heterocycles. The fourth-order valence-electron chi connectivity index (χ4n) is 2.42. The van der Waals surface area contributed by atoms with Crippen LogP contribution in [0, 0.1) is 0 Å². The third-order valence-electron chi connectivity index (χ3n) is 3.92. The summed E-state index contributed by atoms with van der Waals surface area (Å²) in [5, 5.41) is 2.73. The smallest absolute Gasteiger partial charge is 0.338 e. The summed E-state index contributed by atoms with van der Waals surface area (Å²) in [5.74, 6) is -0.0341. The van der Waals surface area contributed by atoms with Crippen LogP contribution < -0.4 is 14.8 Å². The molecule has 0 aliphatic carbocycles. The van der Waals surface area contributed by atoms with Crippen LogP contribution >= 0.6 is 0 Å². The Morgan fingerprint density at radius 1 is 1.00 bits per heavy atom. The number of ether oxygens (including phenoxy) is 2. The maximum Gasteiger partial charge on any atom is 0.338 e. The van der Waals surface area contributed by atoms with E-state index in [1.165, 1.54) is 24.3 Å². The molecule has 2 rings (SSSR count). The monoisotopic (exact) mass is 420 g/mol. The predicted molar refractivity (Wildman–Crippen MR) is 108 cm³/mol. The molecule has 0 aromatic heterocycles. The Morgan fingerprint density at radius 2 is 1.66 bits per heavy atom. The normalized spacial score (nSPS) is 11.0. The fraction of sp³-hybridized carbons (Fsp3) is 0.300. The van der Waals surface area contributed by atoms with E-state index in [0.29, 0.717) is 17.9 Å². The molecule has 2 N–H and O–H groups in total. The number of hydrogen-bond acceptors (Lipinski definition) is 6. The van der Waals surface area contributed by atoms with Gasteiger partial charge in [0.15, 0.2) is 0 Å². The fourth-order valence-corrected chi connectivity index (χ4v) is 3.50. The van der Waals surface area contributed by atoms with Gasteiger partial charge in [-0.25, -0.2) is 17.9 Å². The topological polar surface area (TPSA) is 111 Å². The van der Waals surface area contributed by atoms with Gasteiger partial charge >= 0.3 is 5.97 Å². The Morgan fingerprint density at radius 3 is 2.24 bits per heavy atom. The van der Waals surface area contributed by atoms with E-state index in [-0.39, 0.29) is 35.9 Å². The van der Waals surface area contributed by atoms with E-state index in [9.17, 15) is 18.0 Å². The van der Waals surface area contributed by atoms with Gasteiger partial charge in [-0.2, -0.15) is 0 Å². The van der Waals surface area contributed by atoms with E-state index in [4.69, 9.17) is 9.47 Å². The lowest BCUT2D eigenvalue weighted by atomic mass is 10.2. The maximum absolute atomic E-state index is 12.3. The molecule has 156 valence electrons. The van der Waals surface area contributed by atoms with Crippen LogP contribution in [-0.4, -0.2) is 40.6 Å². The van der Waals surface area contributed by atoms with Crippen LogP contribution in [0.3, 0.4) is 0 Å². The summed E-state index contributed by atoms with van der Waals surface area (Å²) in [6.07, 6.45) is 0.498. The average molecular weight is 420 g/mol. The van der Waals surface area contributed by atoms with Gasteiger partial charge in [-0.3, -0.25) is 4.79 Å². The number of sulfonamides is 1. The van der Waals surface area contributed by atoms with Crippen molar-refractivity contribution < 1.29 is 27.5 Å². The van der Waals surface area contributed by atoms with Crippen molar-refractivity contribution in [2.75, 3.05) is 25.6 Å². The first-order valence-corrected chi connectivity index (χ1v) is 10.5. The number of rotatable bonds is 10. The van der Waals surface area contributed by atoms with E-state index in [1.807, 2.05) is 0 Å². The van der Waals surface area contributed by atoms with Gasteiger partial charge in [0.2, 0.25) is 15.9 Å². The third-order valence-corrected chi connectivity index (χ3v) is 5.40. The van der Waals surface area contributed by atoms with Crippen LogP contribution in [0.1, 0.15) is 30.1 Å². The van der Waals surface area contributed by atoms with Gasteiger partial charge in [0.1, 0.15) is 5.75 Å². The number of amides is 1. The molecule has 0 saturated carbocycles. The predicted octanol–water partition coefficient (Wildman–Crippen LogP) is 2.57. The molecule has 8 nitrogen and oxygen atoms in total. The highest BCUT2D eigenvalue weighted by Gasteiger charge is 2.15. The van der Waals surface area contributed by atoms with Gasteiger partial charge in [0.05, 0.1) is 24.2 Å². The molecule has 0 radical (unpaired) electrons. The van der Waals surface area contributed by atoms with E-state index in [0.717, 1.165) is 0 Å². The third kappa shape index (κ3) is 6.88. The van der Waals surface area contributed by atoms with Crippen molar-refractivity contribution in [3.05, 3.63) is 54.1 Å². The molecule has 29 heavy (non-hydrogen) atoms. The zero-order valence-electron chi connectivity index (χ0n) is 16.3. The van der Waals surface area contributed by atoms with Crippen molar-refractivity contribution >= 4 is 27.6 Å². The lowest BCUT2D eigenvalue weighted by Crippen LogP contribution is -2.25. The van der Waals surface area contributed by atoms with Gasteiger partial charge in [-0.15, -0.1) is 0 Å². The van der Waals surface area contributed by atoms with Crippen LogP contribution in [0.2, 0.25) is 0 Å². The highest BCUT2D eigenvalue weighted by molar-refractivity contribution is 7.89. The van der Waals surface area contributed by atoms with Crippen molar-refractivity contribution in [3.63, 3.8) is 0 Å². The molecule has 0 spiro atoms. The molecule has 1 amide bonds. The molecule has 0 unspecified atom stereocenters. The Balaban J connectivity index is 1.79. The summed E-state index contributed by atoms with van der Waals surface area (Å²) in [7, 11) is -2.17. The number of hydrogen-bond donors (Lipinski definition) is 2. The molecular weight excluding hydrogens is 396 g/mol. The lowest BCUT2D eigenvalue weighted by molar-refractivity contribution is -0.116. The largest absolute Gasteiger partial charge is 0.497 e. The molecular formula is C20H24N2O6S. The van der Waals surface area contributed by atoms with Crippen LogP contribution in [0.15, 0.2) is 53.4 Å². The second kappa shape index (κ2) is 10.6. The van der Waals surface area contributed by atoms with E-state index < -0.39 is 16.0 Å². The van der Waals surface area contributed by atoms with Gasteiger partial charge in [-0.05, 0) is 61.9 Å². The standard InChI is InChI=1S/C20H24N2O6S/c1-3-28-20(24)15-6-12-18(13-7-15)29(25,26)21-14-4-5-19(23)22-16-8-10-17(27-2)11-9-16/h6-13,21H,3-5,14H2,1-2H3,(H,22,23). The van der Waals surface area contributed by atoms with E-state index >= 15 is 0 Å². The first-order valence-electron chi connectivity index (χ1n) is 9.06. The van der Waals surface area contributed by atoms with Gasteiger partial charge in [-0.1, -0.05) is 0 Å². The second-order valence-electron chi connectivity index (χ2n) is 6.02. The molecule has 2 aromatic carbocycles.